The fraction of sp³-hybridized carbons (Fsp3) is 0.226. The third kappa shape index (κ3) is 4.66. The Morgan fingerprint density at radius 3 is 1.90 bits per heavy atom. The first-order chi connectivity index (χ1) is 19.2. The highest BCUT2D eigenvalue weighted by Crippen LogP contribution is 2.41. The summed E-state index contributed by atoms with van der Waals surface area (Å²) in [5.74, 6) is -3.19. The van der Waals surface area contributed by atoms with Crippen LogP contribution in [0.4, 0.5) is 0 Å². The van der Waals surface area contributed by atoms with Crippen LogP contribution in [-0.4, -0.2) is 43.1 Å². The van der Waals surface area contributed by atoms with Gasteiger partial charge < -0.3 is 14.0 Å². The van der Waals surface area contributed by atoms with Crippen molar-refractivity contribution in [2.24, 2.45) is 13.0 Å². The number of ether oxygens (including phenoxy) is 2. The van der Waals surface area contributed by atoms with Crippen LogP contribution < -0.4 is 0 Å². The Morgan fingerprint density at radius 1 is 0.775 bits per heavy atom. The average molecular weight is 559 g/mol. The van der Waals surface area contributed by atoms with E-state index in [1.807, 2.05) is 61.1 Å². The number of carbonyl (C=O) groups excluding carboxylic acids is 2. The summed E-state index contributed by atoms with van der Waals surface area (Å²) in [7, 11) is 0.421. The quantitative estimate of drug-likeness (QED) is 0.193. The second-order valence-electron chi connectivity index (χ2n) is 9.82. The summed E-state index contributed by atoms with van der Waals surface area (Å²) in [6.07, 6.45) is 3.59. The number of fused-ring (bicyclic) bond motifs is 2. The van der Waals surface area contributed by atoms with Gasteiger partial charge in [0.05, 0.1) is 24.6 Å². The molecule has 0 saturated carbocycles. The fourth-order valence-electron chi connectivity index (χ4n) is 5.36. The Hall–Kier alpha value is -4.37. The van der Waals surface area contributed by atoms with Crippen molar-refractivity contribution in [2.45, 2.75) is 24.2 Å². The van der Waals surface area contributed by atoms with Crippen LogP contribution in [0.15, 0.2) is 90.1 Å². The Bertz CT molecular complexity index is 1820. The van der Waals surface area contributed by atoms with Crippen molar-refractivity contribution in [2.75, 3.05) is 14.2 Å². The average Bonchev–Trinajstić information content (AvgIpc) is 3.52. The molecule has 3 aromatic carbocycles. The molecule has 0 amide bonds. The number of esters is 2. The number of carbonyl (C=O) groups is 2. The highest BCUT2D eigenvalue weighted by atomic mass is 32.2. The number of hydrogen-bond acceptors (Lipinski definition) is 6. The van der Waals surface area contributed by atoms with E-state index in [2.05, 4.69) is 0 Å². The highest BCUT2D eigenvalue weighted by molar-refractivity contribution is 7.90. The fourth-order valence-corrected chi connectivity index (χ4v) is 6.73. The largest absolute Gasteiger partial charge is 0.468 e. The van der Waals surface area contributed by atoms with E-state index in [-0.39, 0.29) is 11.3 Å². The molecule has 1 unspecified atom stereocenters. The molecule has 5 aromatic rings. The SMILES string of the molecule is COC(=O)C(CC(c1cn(C)c2ccccc12)c1cn(S(=O)(=O)c2ccc(C)cc2)c2ccccc12)C(=O)OC. The molecule has 0 aliphatic carbocycles. The molecule has 0 saturated heterocycles. The zero-order chi connectivity index (χ0) is 28.6. The molecule has 40 heavy (non-hydrogen) atoms. The molecule has 1 atom stereocenters. The van der Waals surface area contributed by atoms with Crippen molar-refractivity contribution < 1.29 is 27.5 Å². The van der Waals surface area contributed by atoms with E-state index in [9.17, 15) is 18.0 Å². The lowest BCUT2D eigenvalue weighted by atomic mass is 9.83. The van der Waals surface area contributed by atoms with E-state index in [1.165, 1.54) is 18.2 Å². The number of methoxy groups -OCH3 is 2. The second kappa shape index (κ2) is 10.7. The molecule has 2 heterocycles. The summed E-state index contributed by atoms with van der Waals surface area (Å²) in [6.45, 7) is 1.90. The molecule has 8 nitrogen and oxygen atoms in total. The number of rotatable bonds is 8. The Kier molecular flexibility index (Phi) is 7.25. The summed E-state index contributed by atoms with van der Waals surface area (Å²) in [4.78, 5) is 25.7. The van der Waals surface area contributed by atoms with Gasteiger partial charge in [-0.05, 0) is 48.7 Å². The van der Waals surface area contributed by atoms with Gasteiger partial charge in [-0.1, -0.05) is 54.1 Å². The normalized spacial score (nSPS) is 12.6. The molecular formula is C31H30N2O6S. The van der Waals surface area contributed by atoms with Crippen molar-refractivity contribution in [1.82, 2.24) is 8.54 Å². The van der Waals surface area contributed by atoms with Crippen molar-refractivity contribution in [1.29, 1.82) is 0 Å². The van der Waals surface area contributed by atoms with Crippen LogP contribution in [0.3, 0.4) is 0 Å². The van der Waals surface area contributed by atoms with Crippen LogP contribution in [0.2, 0.25) is 0 Å². The number of benzene rings is 3. The maximum atomic E-state index is 13.9. The van der Waals surface area contributed by atoms with E-state index in [0.717, 1.165) is 22.0 Å². The van der Waals surface area contributed by atoms with Gasteiger partial charge in [-0.3, -0.25) is 9.59 Å². The zero-order valence-electron chi connectivity index (χ0n) is 22.7. The van der Waals surface area contributed by atoms with Crippen molar-refractivity contribution in [3.63, 3.8) is 0 Å². The molecular weight excluding hydrogens is 528 g/mol. The van der Waals surface area contributed by atoms with E-state index >= 15 is 0 Å². The molecule has 0 radical (unpaired) electrons. The van der Waals surface area contributed by atoms with Gasteiger partial charge >= 0.3 is 11.9 Å². The Balaban J connectivity index is 1.78. The van der Waals surface area contributed by atoms with Gasteiger partial charge in [0.2, 0.25) is 0 Å². The van der Waals surface area contributed by atoms with Gasteiger partial charge in [-0.2, -0.15) is 0 Å². The van der Waals surface area contributed by atoms with Crippen LogP contribution in [-0.2, 0) is 36.1 Å². The first kappa shape index (κ1) is 27.2. The van der Waals surface area contributed by atoms with Gasteiger partial charge in [-0.15, -0.1) is 0 Å². The summed E-state index contributed by atoms with van der Waals surface area (Å²) < 4.78 is 41.0. The van der Waals surface area contributed by atoms with Crippen molar-refractivity contribution >= 4 is 43.8 Å². The Labute approximate surface area is 232 Å². The third-order valence-electron chi connectivity index (χ3n) is 7.41. The van der Waals surface area contributed by atoms with Gasteiger partial charge in [-0.25, -0.2) is 12.4 Å². The molecule has 5 rings (SSSR count). The summed E-state index contributed by atoms with van der Waals surface area (Å²) >= 11 is 0. The number of aryl methyl sites for hydroxylation is 2. The second-order valence-corrected chi connectivity index (χ2v) is 11.6. The molecule has 0 spiro atoms. The van der Waals surface area contributed by atoms with Crippen LogP contribution in [0.25, 0.3) is 21.8 Å². The predicted molar refractivity (Wildman–Crippen MR) is 153 cm³/mol. The molecule has 0 fully saturated rings. The highest BCUT2D eigenvalue weighted by Gasteiger charge is 2.36. The summed E-state index contributed by atoms with van der Waals surface area (Å²) in [6, 6.07) is 21.8. The van der Waals surface area contributed by atoms with E-state index in [4.69, 9.17) is 9.47 Å². The lowest BCUT2D eigenvalue weighted by Crippen LogP contribution is -2.28. The van der Waals surface area contributed by atoms with E-state index in [1.54, 1.807) is 42.6 Å². The smallest absolute Gasteiger partial charge is 0.320 e. The molecule has 0 aliphatic rings. The maximum absolute atomic E-state index is 13.9. The van der Waals surface area contributed by atoms with E-state index < -0.39 is 33.8 Å². The summed E-state index contributed by atoms with van der Waals surface area (Å²) in [5.41, 5.74) is 3.93. The van der Waals surface area contributed by atoms with Crippen LogP contribution >= 0.6 is 0 Å². The van der Waals surface area contributed by atoms with Gasteiger partial charge in [0.25, 0.3) is 10.0 Å². The standard InChI is InChI=1S/C31H30N2O6S/c1-20-13-15-21(16-14-20)40(36,37)33-19-27(23-10-6-8-12-29(23)33)24(17-25(30(34)38-3)31(35)39-4)26-18-32(2)28-11-7-5-9-22(26)28/h5-16,18-19,24-25H,17H2,1-4H3. The molecule has 9 heteroatoms. The van der Waals surface area contributed by atoms with Crippen LogP contribution in [0.1, 0.15) is 29.0 Å². The first-order valence-electron chi connectivity index (χ1n) is 12.8. The predicted octanol–water partition coefficient (Wildman–Crippen LogP) is 5.16. The van der Waals surface area contributed by atoms with Gasteiger partial charge in [0.15, 0.2) is 5.92 Å². The number of aromatic nitrogens is 2. The number of para-hydroxylation sites is 2. The van der Waals surface area contributed by atoms with E-state index in [0.29, 0.717) is 16.5 Å². The van der Waals surface area contributed by atoms with Crippen LogP contribution in [0, 0.1) is 12.8 Å². The first-order valence-corrected chi connectivity index (χ1v) is 14.2. The molecule has 0 aliphatic heterocycles. The monoisotopic (exact) mass is 558 g/mol. The van der Waals surface area contributed by atoms with Crippen molar-refractivity contribution in [3.8, 4) is 0 Å². The number of nitrogens with zero attached hydrogens (tertiary/aromatic N) is 2. The zero-order valence-corrected chi connectivity index (χ0v) is 23.5. The minimum Gasteiger partial charge on any atom is -0.468 e. The lowest BCUT2D eigenvalue weighted by Gasteiger charge is -2.21. The van der Waals surface area contributed by atoms with Crippen LogP contribution in [0.5, 0.6) is 0 Å². The molecule has 0 bridgehead atoms. The number of hydrogen-bond donors (Lipinski definition) is 0. The minimum atomic E-state index is -3.96. The topological polar surface area (TPSA) is 96.6 Å². The maximum Gasteiger partial charge on any atom is 0.320 e. The minimum absolute atomic E-state index is 0.0198. The van der Waals surface area contributed by atoms with Gasteiger partial charge in [0.1, 0.15) is 0 Å². The lowest BCUT2D eigenvalue weighted by molar-refractivity contribution is -0.159. The molecule has 206 valence electrons. The molecule has 2 aromatic heterocycles. The van der Waals surface area contributed by atoms with Crippen molar-refractivity contribution in [3.05, 3.63) is 102 Å². The summed E-state index contributed by atoms with van der Waals surface area (Å²) in [5, 5.41) is 1.63. The third-order valence-corrected chi connectivity index (χ3v) is 9.10. The Morgan fingerprint density at radius 2 is 1.30 bits per heavy atom. The van der Waals surface area contributed by atoms with Gasteiger partial charge in [0, 0.05) is 41.6 Å². The molecule has 0 N–H and O–H groups in total.